The van der Waals surface area contributed by atoms with E-state index in [2.05, 4.69) is 84.2 Å². The lowest BCUT2D eigenvalue weighted by Gasteiger charge is -2.27. The Balaban J connectivity index is 2.19. The second kappa shape index (κ2) is 5.19. The lowest BCUT2D eigenvalue weighted by Crippen LogP contribution is -2.23. The Kier molecular flexibility index (Phi) is 4.09. The molecule has 0 aliphatic heterocycles. The van der Waals surface area contributed by atoms with Crippen LogP contribution in [0, 0.1) is 0 Å². The van der Waals surface area contributed by atoms with Crippen LogP contribution in [0.2, 0.25) is 0 Å². The summed E-state index contributed by atoms with van der Waals surface area (Å²) in [6.45, 7) is 0. The van der Waals surface area contributed by atoms with Crippen molar-refractivity contribution in [2.24, 2.45) is 0 Å². The van der Waals surface area contributed by atoms with Gasteiger partial charge < -0.3 is 0 Å². The molecule has 1 unspecified atom stereocenters. The van der Waals surface area contributed by atoms with E-state index in [9.17, 15) is 0 Å². The van der Waals surface area contributed by atoms with Crippen LogP contribution in [-0.4, -0.2) is 4.32 Å². The van der Waals surface area contributed by atoms with Crippen LogP contribution in [0.25, 0.3) is 0 Å². The van der Waals surface area contributed by atoms with Crippen molar-refractivity contribution in [2.75, 3.05) is 0 Å². The van der Waals surface area contributed by atoms with Crippen LogP contribution >= 0.6 is 47.8 Å². The van der Waals surface area contributed by atoms with Gasteiger partial charge in [-0.05, 0) is 29.0 Å². The monoisotopic (exact) mass is 404 g/mol. The Morgan fingerprint density at radius 1 is 1.12 bits per heavy atom. The zero-order valence-corrected chi connectivity index (χ0v) is 13.3. The topological polar surface area (TPSA) is 0 Å². The molecule has 1 atom stereocenters. The Hall–Kier alpha value is 0.140. The van der Waals surface area contributed by atoms with Crippen LogP contribution in [0.4, 0.5) is 0 Å². The fourth-order valence-electron chi connectivity index (χ4n) is 1.87. The minimum absolute atomic E-state index is 0.0147. The van der Waals surface area contributed by atoms with Gasteiger partial charge in [-0.2, -0.15) is 0 Å². The normalized spacial score (nSPS) is 24.9. The first kappa shape index (κ1) is 12.6. The molecule has 0 heterocycles. The third-order valence-corrected chi connectivity index (χ3v) is 4.25. The molecule has 0 saturated carbocycles. The Labute approximate surface area is 121 Å². The van der Waals surface area contributed by atoms with Crippen LogP contribution in [0.3, 0.4) is 0 Å². The SMILES string of the molecule is BrC1=CC(Br)(Cc2ccccc2)CC(Br)=C1. The predicted molar refractivity (Wildman–Crippen MR) is 80.4 cm³/mol. The Bertz CT molecular complexity index is 434. The number of halogens is 3. The second-order valence-corrected chi connectivity index (χ2v) is 7.51. The summed E-state index contributed by atoms with van der Waals surface area (Å²) in [6, 6.07) is 10.5. The maximum atomic E-state index is 3.84. The van der Waals surface area contributed by atoms with Crippen LogP contribution in [0.15, 0.2) is 51.4 Å². The van der Waals surface area contributed by atoms with Crippen molar-refractivity contribution < 1.29 is 0 Å². The summed E-state index contributed by atoms with van der Waals surface area (Å²) < 4.78 is 2.36. The number of rotatable bonds is 2. The average molecular weight is 407 g/mol. The van der Waals surface area contributed by atoms with Gasteiger partial charge in [0.15, 0.2) is 0 Å². The van der Waals surface area contributed by atoms with Crippen molar-refractivity contribution in [3.05, 3.63) is 57.0 Å². The van der Waals surface area contributed by atoms with Gasteiger partial charge in [-0.3, -0.25) is 0 Å². The van der Waals surface area contributed by atoms with Gasteiger partial charge in [0, 0.05) is 4.48 Å². The fourth-order valence-corrected chi connectivity index (χ4v) is 5.19. The molecule has 84 valence electrons. The molecule has 1 aliphatic carbocycles. The summed E-state index contributed by atoms with van der Waals surface area (Å²) in [5.74, 6) is 0. The van der Waals surface area contributed by atoms with Gasteiger partial charge in [0.25, 0.3) is 0 Å². The number of hydrogen-bond donors (Lipinski definition) is 0. The van der Waals surface area contributed by atoms with Crippen molar-refractivity contribution >= 4 is 47.8 Å². The highest BCUT2D eigenvalue weighted by Crippen LogP contribution is 2.40. The van der Waals surface area contributed by atoms with Gasteiger partial charge in [-0.15, -0.1) is 0 Å². The number of alkyl halides is 1. The summed E-state index contributed by atoms with van der Waals surface area (Å²) in [4.78, 5) is 0. The number of benzene rings is 1. The first-order valence-corrected chi connectivity index (χ1v) is 7.43. The molecule has 1 aliphatic rings. The van der Waals surface area contributed by atoms with E-state index in [0.29, 0.717) is 0 Å². The average Bonchev–Trinajstić information content (AvgIpc) is 2.15. The largest absolute Gasteiger partial charge is 0.0800 e. The third-order valence-electron chi connectivity index (χ3n) is 2.49. The minimum Gasteiger partial charge on any atom is -0.0800 e. The van der Waals surface area contributed by atoms with Gasteiger partial charge in [-0.25, -0.2) is 0 Å². The maximum Gasteiger partial charge on any atom is 0.0536 e. The van der Waals surface area contributed by atoms with Crippen molar-refractivity contribution in [1.29, 1.82) is 0 Å². The van der Waals surface area contributed by atoms with E-state index in [1.165, 1.54) is 10.0 Å². The smallest absolute Gasteiger partial charge is 0.0536 e. The Morgan fingerprint density at radius 3 is 2.44 bits per heavy atom. The van der Waals surface area contributed by atoms with Gasteiger partial charge in [0.1, 0.15) is 0 Å². The molecule has 0 nitrogen and oxygen atoms in total. The maximum absolute atomic E-state index is 3.84. The van der Waals surface area contributed by atoms with E-state index >= 15 is 0 Å². The van der Waals surface area contributed by atoms with E-state index in [1.54, 1.807) is 0 Å². The van der Waals surface area contributed by atoms with Crippen molar-refractivity contribution in [3.63, 3.8) is 0 Å². The summed E-state index contributed by atoms with van der Waals surface area (Å²) in [7, 11) is 0. The van der Waals surface area contributed by atoms with E-state index in [1.807, 2.05) is 6.07 Å². The molecule has 0 saturated heterocycles. The molecule has 0 N–H and O–H groups in total. The summed E-state index contributed by atoms with van der Waals surface area (Å²) in [5.41, 5.74) is 1.35. The van der Waals surface area contributed by atoms with Crippen molar-refractivity contribution in [1.82, 2.24) is 0 Å². The molecule has 0 spiro atoms. The lowest BCUT2D eigenvalue weighted by molar-refractivity contribution is 0.720. The molecule has 0 amide bonds. The lowest BCUT2D eigenvalue weighted by atomic mass is 9.93. The van der Waals surface area contributed by atoms with Crippen LogP contribution in [-0.2, 0) is 6.42 Å². The molecular weight excluding hydrogens is 396 g/mol. The molecule has 0 aromatic heterocycles. The van der Waals surface area contributed by atoms with Gasteiger partial charge in [0.05, 0.1) is 4.32 Å². The molecular formula is C13H11Br3. The van der Waals surface area contributed by atoms with E-state index in [0.717, 1.165) is 17.3 Å². The summed E-state index contributed by atoms with van der Waals surface area (Å²) >= 11 is 11.0. The third kappa shape index (κ3) is 3.31. The first-order chi connectivity index (χ1) is 7.57. The zero-order valence-electron chi connectivity index (χ0n) is 8.59. The van der Waals surface area contributed by atoms with Crippen LogP contribution < -0.4 is 0 Å². The van der Waals surface area contributed by atoms with Gasteiger partial charge >= 0.3 is 0 Å². The molecule has 1 aromatic rings. The molecule has 0 radical (unpaired) electrons. The molecule has 2 rings (SSSR count). The number of hydrogen-bond acceptors (Lipinski definition) is 0. The van der Waals surface area contributed by atoms with Crippen molar-refractivity contribution in [3.8, 4) is 0 Å². The number of allylic oxidation sites excluding steroid dienone is 4. The fraction of sp³-hybridized carbons (Fsp3) is 0.231. The van der Waals surface area contributed by atoms with E-state index in [-0.39, 0.29) is 4.32 Å². The first-order valence-electron chi connectivity index (χ1n) is 5.05. The molecule has 1 aromatic carbocycles. The molecule has 3 heteroatoms. The van der Waals surface area contributed by atoms with E-state index < -0.39 is 0 Å². The second-order valence-electron chi connectivity index (χ2n) is 3.99. The highest BCUT2D eigenvalue weighted by Gasteiger charge is 2.28. The molecule has 0 fully saturated rings. The van der Waals surface area contributed by atoms with Crippen LogP contribution in [0.5, 0.6) is 0 Å². The quantitative estimate of drug-likeness (QED) is 0.583. The molecule has 16 heavy (non-hydrogen) atoms. The summed E-state index contributed by atoms with van der Waals surface area (Å²) in [5, 5.41) is 0. The highest BCUT2D eigenvalue weighted by atomic mass is 79.9. The van der Waals surface area contributed by atoms with E-state index in [4.69, 9.17) is 0 Å². The van der Waals surface area contributed by atoms with Gasteiger partial charge in [-0.1, -0.05) is 84.2 Å². The van der Waals surface area contributed by atoms with Crippen molar-refractivity contribution in [2.45, 2.75) is 17.2 Å². The predicted octanol–water partition coefficient (Wildman–Crippen LogP) is 5.32. The molecule has 0 bridgehead atoms. The summed E-state index contributed by atoms with van der Waals surface area (Å²) in [6.07, 6.45) is 6.30. The van der Waals surface area contributed by atoms with Crippen LogP contribution in [0.1, 0.15) is 12.0 Å². The Morgan fingerprint density at radius 2 is 1.81 bits per heavy atom. The zero-order chi connectivity index (χ0) is 11.6. The van der Waals surface area contributed by atoms with Gasteiger partial charge in [0.2, 0.25) is 0 Å². The highest BCUT2D eigenvalue weighted by molar-refractivity contribution is 9.12. The standard InChI is InChI=1S/C13H11Br3/c14-11-6-12(15)9-13(16,8-11)7-10-4-2-1-3-5-10/h1-6,8H,7,9H2. The minimum atomic E-state index is 0.0147.